The standard InChI is InChI=1S/C12H15BrN2O/c1-9(8-16-3)15(2)12-5-4-10(7-14)6-11(12)13/h4-6,9H,8H2,1-3H3. The molecule has 1 aromatic rings. The van der Waals surface area contributed by atoms with Crippen molar-refractivity contribution >= 4 is 21.6 Å². The number of nitriles is 1. The van der Waals surface area contributed by atoms with Gasteiger partial charge in [-0.2, -0.15) is 5.26 Å². The second-order valence-corrected chi connectivity index (χ2v) is 4.55. The lowest BCUT2D eigenvalue weighted by atomic mass is 10.2. The number of likely N-dealkylation sites (N-methyl/N-ethyl adjacent to an activating group) is 1. The van der Waals surface area contributed by atoms with Crippen LogP contribution in [0.25, 0.3) is 0 Å². The fourth-order valence-electron chi connectivity index (χ4n) is 1.45. The first-order chi connectivity index (χ1) is 7.60. The molecule has 0 saturated heterocycles. The van der Waals surface area contributed by atoms with E-state index in [2.05, 4.69) is 33.8 Å². The van der Waals surface area contributed by atoms with E-state index in [4.69, 9.17) is 10.00 Å². The summed E-state index contributed by atoms with van der Waals surface area (Å²) in [6.07, 6.45) is 0. The lowest BCUT2D eigenvalue weighted by molar-refractivity contribution is 0.183. The van der Waals surface area contributed by atoms with Gasteiger partial charge in [-0.15, -0.1) is 0 Å². The maximum absolute atomic E-state index is 8.78. The summed E-state index contributed by atoms with van der Waals surface area (Å²) in [5.41, 5.74) is 1.71. The summed E-state index contributed by atoms with van der Waals surface area (Å²) in [4.78, 5) is 2.12. The third-order valence-electron chi connectivity index (χ3n) is 2.53. The topological polar surface area (TPSA) is 36.3 Å². The van der Waals surface area contributed by atoms with Crippen molar-refractivity contribution in [3.8, 4) is 6.07 Å². The van der Waals surface area contributed by atoms with Gasteiger partial charge in [0.05, 0.1) is 23.9 Å². The Kier molecular flexibility index (Phi) is 4.78. The van der Waals surface area contributed by atoms with E-state index in [0.717, 1.165) is 10.2 Å². The molecular weight excluding hydrogens is 268 g/mol. The molecule has 3 nitrogen and oxygen atoms in total. The molecule has 0 saturated carbocycles. The second kappa shape index (κ2) is 5.88. The van der Waals surface area contributed by atoms with Crippen LogP contribution in [0.4, 0.5) is 5.69 Å². The van der Waals surface area contributed by atoms with Crippen molar-refractivity contribution in [1.82, 2.24) is 0 Å². The van der Waals surface area contributed by atoms with Crippen LogP contribution in [0.1, 0.15) is 12.5 Å². The van der Waals surface area contributed by atoms with Gasteiger partial charge in [0.1, 0.15) is 0 Å². The fourth-order valence-corrected chi connectivity index (χ4v) is 2.11. The van der Waals surface area contributed by atoms with Gasteiger partial charge in [-0.05, 0) is 41.1 Å². The van der Waals surface area contributed by atoms with Crippen LogP contribution in [0.5, 0.6) is 0 Å². The van der Waals surface area contributed by atoms with Gasteiger partial charge in [-0.3, -0.25) is 0 Å². The van der Waals surface area contributed by atoms with Crippen LogP contribution in [-0.2, 0) is 4.74 Å². The molecule has 0 heterocycles. The van der Waals surface area contributed by atoms with Gasteiger partial charge in [0.25, 0.3) is 0 Å². The van der Waals surface area contributed by atoms with Crippen molar-refractivity contribution in [2.24, 2.45) is 0 Å². The number of nitrogens with zero attached hydrogens (tertiary/aromatic N) is 2. The Hall–Kier alpha value is -1.05. The molecule has 0 aromatic heterocycles. The second-order valence-electron chi connectivity index (χ2n) is 3.69. The maximum Gasteiger partial charge on any atom is 0.0992 e. The van der Waals surface area contributed by atoms with E-state index in [9.17, 15) is 0 Å². The summed E-state index contributed by atoms with van der Waals surface area (Å²) in [6, 6.07) is 7.98. The summed E-state index contributed by atoms with van der Waals surface area (Å²) >= 11 is 3.47. The molecule has 0 spiro atoms. The number of methoxy groups -OCH3 is 1. The minimum Gasteiger partial charge on any atom is -0.383 e. The smallest absolute Gasteiger partial charge is 0.0992 e. The van der Waals surface area contributed by atoms with Crippen molar-refractivity contribution in [2.75, 3.05) is 25.7 Å². The summed E-state index contributed by atoms with van der Waals surface area (Å²) < 4.78 is 6.05. The van der Waals surface area contributed by atoms with Crippen LogP contribution < -0.4 is 4.90 Å². The van der Waals surface area contributed by atoms with Crippen LogP contribution >= 0.6 is 15.9 Å². The average molecular weight is 283 g/mol. The van der Waals surface area contributed by atoms with E-state index in [-0.39, 0.29) is 6.04 Å². The Morgan fingerprint density at radius 1 is 1.56 bits per heavy atom. The van der Waals surface area contributed by atoms with Crippen LogP contribution in [0.2, 0.25) is 0 Å². The third-order valence-corrected chi connectivity index (χ3v) is 3.16. The summed E-state index contributed by atoms with van der Waals surface area (Å²) in [6.45, 7) is 2.76. The molecule has 16 heavy (non-hydrogen) atoms. The van der Waals surface area contributed by atoms with E-state index in [1.54, 1.807) is 7.11 Å². The highest BCUT2D eigenvalue weighted by Gasteiger charge is 2.12. The van der Waals surface area contributed by atoms with E-state index in [1.165, 1.54) is 0 Å². The molecular formula is C12H15BrN2O. The quantitative estimate of drug-likeness (QED) is 0.852. The number of rotatable bonds is 4. The van der Waals surface area contributed by atoms with Gasteiger partial charge in [0, 0.05) is 24.7 Å². The van der Waals surface area contributed by atoms with Crippen molar-refractivity contribution < 1.29 is 4.74 Å². The number of anilines is 1. The zero-order valence-corrected chi connectivity index (χ0v) is 11.3. The molecule has 1 rings (SSSR count). The Bertz CT molecular complexity index is 400. The summed E-state index contributed by atoms with van der Waals surface area (Å²) in [5.74, 6) is 0. The lowest BCUT2D eigenvalue weighted by Gasteiger charge is -2.27. The average Bonchev–Trinajstić information content (AvgIpc) is 2.28. The first kappa shape index (κ1) is 13.0. The molecule has 0 aliphatic heterocycles. The van der Waals surface area contributed by atoms with Gasteiger partial charge >= 0.3 is 0 Å². The Balaban J connectivity index is 2.92. The molecule has 0 aliphatic rings. The Morgan fingerprint density at radius 3 is 2.75 bits per heavy atom. The third kappa shape index (κ3) is 2.97. The van der Waals surface area contributed by atoms with E-state index in [0.29, 0.717) is 12.2 Å². The van der Waals surface area contributed by atoms with Crippen LogP contribution in [0.15, 0.2) is 22.7 Å². The Labute approximate surface area is 105 Å². The number of ether oxygens (including phenoxy) is 1. The van der Waals surface area contributed by atoms with Gasteiger partial charge in [-0.1, -0.05) is 0 Å². The van der Waals surface area contributed by atoms with Crippen molar-refractivity contribution in [2.45, 2.75) is 13.0 Å². The van der Waals surface area contributed by atoms with Gasteiger partial charge in [0.2, 0.25) is 0 Å². The fraction of sp³-hybridized carbons (Fsp3) is 0.417. The molecule has 0 bridgehead atoms. The summed E-state index contributed by atoms with van der Waals surface area (Å²) in [7, 11) is 3.70. The molecule has 0 aliphatic carbocycles. The van der Waals surface area contributed by atoms with E-state index in [1.807, 2.05) is 25.2 Å². The number of halogens is 1. The number of hydrogen-bond acceptors (Lipinski definition) is 3. The largest absolute Gasteiger partial charge is 0.383 e. The van der Waals surface area contributed by atoms with E-state index >= 15 is 0 Å². The maximum atomic E-state index is 8.78. The molecule has 0 amide bonds. The first-order valence-electron chi connectivity index (χ1n) is 5.01. The van der Waals surface area contributed by atoms with Gasteiger partial charge in [-0.25, -0.2) is 0 Å². The SMILES string of the molecule is COCC(C)N(C)c1ccc(C#N)cc1Br. The van der Waals surface area contributed by atoms with Crippen LogP contribution in [-0.4, -0.2) is 26.8 Å². The molecule has 1 aromatic carbocycles. The van der Waals surface area contributed by atoms with Gasteiger partial charge < -0.3 is 9.64 Å². The van der Waals surface area contributed by atoms with Crippen LogP contribution in [0.3, 0.4) is 0 Å². The predicted molar refractivity (Wildman–Crippen MR) is 68.6 cm³/mol. The lowest BCUT2D eigenvalue weighted by Crippen LogP contribution is -2.32. The summed E-state index contributed by atoms with van der Waals surface area (Å²) in [5, 5.41) is 8.78. The highest BCUT2D eigenvalue weighted by Crippen LogP contribution is 2.27. The number of hydrogen-bond donors (Lipinski definition) is 0. The minimum atomic E-state index is 0.286. The first-order valence-corrected chi connectivity index (χ1v) is 5.81. The number of benzene rings is 1. The molecule has 1 unspecified atom stereocenters. The molecule has 0 N–H and O–H groups in total. The molecule has 0 fully saturated rings. The molecule has 0 radical (unpaired) electrons. The van der Waals surface area contributed by atoms with Crippen LogP contribution in [0, 0.1) is 11.3 Å². The van der Waals surface area contributed by atoms with Crippen molar-refractivity contribution in [1.29, 1.82) is 5.26 Å². The molecule has 86 valence electrons. The van der Waals surface area contributed by atoms with Crippen molar-refractivity contribution in [3.63, 3.8) is 0 Å². The monoisotopic (exact) mass is 282 g/mol. The van der Waals surface area contributed by atoms with Gasteiger partial charge in [0.15, 0.2) is 0 Å². The Morgan fingerprint density at radius 2 is 2.25 bits per heavy atom. The highest BCUT2D eigenvalue weighted by atomic mass is 79.9. The highest BCUT2D eigenvalue weighted by molar-refractivity contribution is 9.10. The molecule has 4 heteroatoms. The predicted octanol–water partition coefficient (Wildman–Crippen LogP) is 2.79. The van der Waals surface area contributed by atoms with E-state index < -0.39 is 0 Å². The normalized spacial score (nSPS) is 11.9. The minimum absolute atomic E-state index is 0.286. The molecule has 1 atom stereocenters. The zero-order chi connectivity index (χ0) is 12.1. The van der Waals surface area contributed by atoms with Crippen molar-refractivity contribution in [3.05, 3.63) is 28.2 Å². The zero-order valence-electron chi connectivity index (χ0n) is 9.70.